The van der Waals surface area contributed by atoms with Crippen LogP contribution < -0.4 is 32.3 Å². The van der Waals surface area contributed by atoms with Crippen molar-refractivity contribution in [2.24, 2.45) is 24.6 Å². The lowest BCUT2D eigenvalue weighted by Crippen LogP contribution is -2.57. The van der Waals surface area contributed by atoms with Gasteiger partial charge in [0.1, 0.15) is 23.7 Å². The molecule has 0 aliphatic carbocycles. The van der Waals surface area contributed by atoms with E-state index in [0.29, 0.717) is 42.8 Å². The van der Waals surface area contributed by atoms with E-state index < -0.39 is 77.2 Å². The summed E-state index contributed by atoms with van der Waals surface area (Å²) in [4.78, 5) is 126. The number of ether oxygens (including phenoxy) is 1. The van der Waals surface area contributed by atoms with Gasteiger partial charge in [0.15, 0.2) is 0 Å². The Morgan fingerprint density at radius 1 is 0.822 bits per heavy atom. The van der Waals surface area contributed by atoms with E-state index in [4.69, 9.17) is 10.5 Å². The molecule has 4 aliphatic heterocycles. The summed E-state index contributed by atoms with van der Waals surface area (Å²) >= 11 is 0. The van der Waals surface area contributed by atoms with Crippen molar-refractivity contribution < 1.29 is 43.1 Å². The van der Waals surface area contributed by atoms with Gasteiger partial charge >= 0.3 is 11.7 Å². The molecule has 4 aromatic rings. The van der Waals surface area contributed by atoms with Crippen molar-refractivity contribution in [2.45, 2.75) is 127 Å². The third-order valence-corrected chi connectivity index (χ3v) is 14.6. The minimum Gasteiger partial charge on any atom is -0.460 e. The number of anilines is 1. The van der Waals surface area contributed by atoms with Gasteiger partial charge < -0.3 is 35.8 Å². The quantitative estimate of drug-likeness (QED) is 0.0881. The second-order valence-electron chi connectivity index (χ2n) is 21.0. The molecule has 388 valence electrons. The van der Waals surface area contributed by atoms with Gasteiger partial charge in [-0.2, -0.15) is 0 Å². The topological polar surface area (TPSA) is 245 Å². The summed E-state index contributed by atoms with van der Waals surface area (Å²) in [5.41, 5.74) is 8.23. The number of rotatable bonds is 17. The second-order valence-corrected chi connectivity index (χ2v) is 21.0. The first-order valence-corrected chi connectivity index (χ1v) is 25.5. The van der Waals surface area contributed by atoms with Crippen LogP contribution in [0.1, 0.15) is 115 Å². The number of hydrogen-bond donors (Lipinski definition) is 4. The molecular formula is C54H67N9O10. The van der Waals surface area contributed by atoms with Crippen molar-refractivity contribution in [3.8, 4) is 0 Å². The lowest BCUT2D eigenvalue weighted by atomic mass is 9.92. The van der Waals surface area contributed by atoms with Gasteiger partial charge in [-0.25, -0.2) is 4.79 Å². The smallest absolute Gasteiger partial charge is 0.329 e. The van der Waals surface area contributed by atoms with Gasteiger partial charge in [0.05, 0.1) is 29.4 Å². The van der Waals surface area contributed by atoms with E-state index in [1.54, 1.807) is 37.6 Å². The van der Waals surface area contributed by atoms with Gasteiger partial charge in [-0.1, -0.05) is 60.7 Å². The molecule has 73 heavy (non-hydrogen) atoms. The lowest BCUT2D eigenvalue weighted by molar-refractivity contribution is -0.161. The number of nitrogens with two attached hydrogens (primary N) is 1. The van der Waals surface area contributed by atoms with Crippen LogP contribution in [-0.2, 0) is 50.1 Å². The summed E-state index contributed by atoms with van der Waals surface area (Å²) in [5.74, 6) is -4.42. The summed E-state index contributed by atoms with van der Waals surface area (Å²) in [6, 6.07) is 20.6. The molecule has 1 aromatic heterocycles. The lowest BCUT2D eigenvalue weighted by Gasteiger charge is -2.41. The number of nitrogens with zero attached hydrogens (tertiary/aromatic N) is 5. The fraction of sp³-hybridized carbons (Fsp3) is 0.500. The molecule has 4 saturated heterocycles. The maximum Gasteiger partial charge on any atom is 0.329 e. The number of amides is 7. The number of nitrogens with one attached hydrogen (secondary N) is 3. The molecule has 0 radical (unpaired) electrons. The van der Waals surface area contributed by atoms with Gasteiger partial charge in [0, 0.05) is 64.2 Å². The van der Waals surface area contributed by atoms with E-state index in [1.807, 2.05) is 78.9 Å². The average Bonchev–Trinajstić information content (AvgIpc) is 3.87. The van der Waals surface area contributed by atoms with E-state index in [2.05, 4.69) is 20.9 Å². The maximum absolute atomic E-state index is 14.8. The number of piperidine rings is 1. The largest absolute Gasteiger partial charge is 0.460 e. The number of imidazole rings is 1. The highest BCUT2D eigenvalue weighted by atomic mass is 16.6. The van der Waals surface area contributed by atoms with Crippen molar-refractivity contribution >= 4 is 64.0 Å². The normalized spacial score (nSPS) is 20.9. The first-order valence-electron chi connectivity index (χ1n) is 25.5. The third-order valence-electron chi connectivity index (χ3n) is 14.6. The second kappa shape index (κ2) is 22.2. The Bertz CT molecular complexity index is 2760. The zero-order valence-corrected chi connectivity index (χ0v) is 42.0. The SMILES string of the molecule is Cn1c(=O)n(C2CCC(=O)NC2=O)c2ccc(N3CC(CCCC(=O)N4CC[C@H]5CC[C@@H](C(=O)N[C@@H](CCC(N)=O)C(=O)NC(c6ccccc6)c6ccccc6)N5C(=O)[C@@H](CC(=O)OC(C)(C)C)C4)C3)cc21. The average molecular weight is 1000 g/mol. The van der Waals surface area contributed by atoms with E-state index in [1.165, 1.54) is 9.13 Å². The Balaban J connectivity index is 0.902. The number of esters is 1. The highest BCUT2D eigenvalue weighted by Crippen LogP contribution is 2.34. The van der Waals surface area contributed by atoms with Crippen molar-refractivity contribution in [1.29, 1.82) is 0 Å². The minimum absolute atomic E-state index is 0.0358. The van der Waals surface area contributed by atoms with Crippen LogP contribution in [0.25, 0.3) is 11.0 Å². The molecule has 19 nitrogen and oxygen atoms in total. The van der Waals surface area contributed by atoms with Gasteiger partial charge in [-0.05, 0) is 101 Å². The van der Waals surface area contributed by atoms with Gasteiger partial charge in [0.2, 0.25) is 41.4 Å². The van der Waals surface area contributed by atoms with E-state index in [-0.39, 0.29) is 69.0 Å². The summed E-state index contributed by atoms with van der Waals surface area (Å²) in [7, 11) is 1.67. The summed E-state index contributed by atoms with van der Waals surface area (Å²) in [6.07, 6.45) is 2.66. The Morgan fingerprint density at radius 2 is 1.51 bits per heavy atom. The number of imide groups is 1. The van der Waals surface area contributed by atoms with E-state index in [9.17, 15) is 43.2 Å². The predicted molar refractivity (Wildman–Crippen MR) is 270 cm³/mol. The number of fused-ring (bicyclic) bond motifs is 2. The fourth-order valence-corrected chi connectivity index (χ4v) is 10.8. The minimum atomic E-state index is -1.17. The highest BCUT2D eigenvalue weighted by Gasteiger charge is 2.46. The Labute approximate surface area is 424 Å². The molecule has 4 aliphatic rings. The molecule has 7 amide bonds. The van der Waals surface area contributed by atoms with E-state index >= 15 is 0 Å². The number of carbonyl (C=O) groups is 8. The van der Waals surface area contributed by atoms with Gasteiger partial charge in [0.25, 0.3) is 0 Å². The molecule has 0 bridgehead atoms. The Hall–Kier alpha value is -7.31. The van der Waals surface area contributed by atoms with Crippen molar-refractivity contribution in [1.82, 2.24) is 34.9 Å². The molecule has 19 heteroatoms. The van der Waals surface area contributed by atoms with Gasteiger partial charge in [-0.15, -0.1) is 0 Å². The summed E-state index contributed by atoms with van der Waals surface area (Å²) in [6.45, 7) is 6.98. The van der Waals surface area contributed by atoms with E-state index in [0.717, 1.165) is 36.3 Å². The number of benzene rings is 3. The van der Waals surface area contributed by atoms with Crippen LogP contribution in [-0.4, -0.2) is 116 Å². The number of carbonyl (C=O) groups excluding carboxylic acids is 8. The molecule has 0 spiro atoms. The summed E-state index contributed by atoms with van der Waals surface area (Å²) in [5, 5.41) is 8.27. The number of aryl methyl sites for hydroxylation is 1. The predicted octanol–water partition coefficient (Wildman–Crippen LogP) is 3.52. The zero-order valence-electron chi connectivity index (χ0n) is 42.0. The first kappa shape index (κ1) is 52.0. The van der Waals surface area contributed by atoms with Crippen molar-refractivity contribution in [3.63, 3.8) is 0 Å². The zero-order chi connectivity index (χ0) is 52.1. The van der Waals surface area contributed by atoms with Crippen molar-refractivity contribution in [3.05, 3.63) is 100 Å². The van der Waals surface area contributed by atoms with Crippen LogP contribution in [0.2, 0.25) is 0 Å². The molecule has 5 N–H and O–H groups in total. The molecule has 4 fully saturated rings. The fourth-order valence-electron chi connectivity index (χ4n) is 10.8. The van der Waals surface area contributed by atoms with Crippen LogP contribution in [0, 0.1) is 11.8 Å². The molecule has 8 rings (SSSR count). The molecule has 3 aromatic carbocycles. The molecule has 0 saturated carbocycles. The van der Waals surface area contributed by atoms with Crippen LogP contribution >= 0.6 is 0 Å². The Morgan fingerprint density at radius 3 is 2.15 bits per heavy atom. The standard InChI is InChI=1S/C54H67N9O10/c1-54(2,3)73-47(67)28-36-32-60(46(66)17-11-12-33-30-61(31-33)38-19-21-40-43(29-38)59(4)53(72)63(40)42-23-25-45(65)57-51(42)70)27-26-37-18-22-41(62(37)52(36)71)50(69)56-39(20-24-44(55)64)49(68)58-48(34-13-7-5-8-14-34)35-15-9-6-10-16-35/h5-10,13-16,19,21,29,33,36-37,39,41-42,48H,11-12,17-18,20,22-28,30-32H2,1-4H3,(H2,55,64)(H,56,69)(H,58,68)(H,57,65,70)/t36-,37+,39-,41-,42?/m0/s1. The number of primary amides is 1. The number of hydrogen-bond acceptors (Lipinski definition) is 11. The molecule has 5 heterocycles. The maximum atomic E-state index is 14.8. The molecule has 1 unspecified atom stereocenters. The van der Waals surface area contributed by atoms with Crippen molar-refractivity contribution in [2.75, 3.05) is 31.1 Å². The van der Waals surface area contributed by atoms with Gasteiger partial charge in [-0.3, -0.25) is 52.8 Å². The molecular weight excluding hydrogens is 935 g/mol. The first-order chi connectivity index (χ1) is 34.8. The number of aromatic nitrogens is 2. The monoisotopic (exact) mass is 1000 g/mol. The van der Waals surface area contributed by atoms with Crippen LogP contribution in [0.5, 0.6) is 0 Å². The third kappa shape index (κ3) is 12.1. The Kier molecular flexibility index (Phi) is 15.8. The van der Waals surface area contributed by atoms with Crippen LogP contribution in [0.3, 0.4) is 0 Å². The van der Waals surface area contributed by atoms with Crippen LogP contribution in [0.15, 0.2) is 83.7 Å². The highest BCUT2D eigenvalue weighted by molar-refractivity contribution is 6.00. The van der Waals surface area contributed by atoms with Crippen LogP contribution in [0.4, 0.5) is 5.69 Å². The molecule has 5 atom stereocenters. The summed E-state index contributed by atoms with van der Waals surface area (Å²) < 4.78 is 8.64.